The van der Waals surface area contributed by atoms with Crippen LogP contribution in [0.3, 0.4) is 0 Å². The molecule has 2 aromatic rings. The van der Waals surface area contributed by atoms with E-state index in [9.17, 15) is 8.78 Å². The lowest BCUT2D eigenvalue weighted by atomic mass is 10.1. The van der Waals surface area contributed by atoms with Gasteiger partial charge in [-0.3, -0.25) is 0 Å². The van der Waals surface area contributed by atoms with Gasteiger partial charge in [-0.05, 0) is 42.8 Å². The van der Waals surface area contributed by atoms with Gasteiger partial charge >= 0.3 is 0 Å². The van der Waals surface area contributed by atoms with Crippen molar-refractivity contribution in [1.82, 2.24) is 5.32 Å². The first-order chi connectivity index (χ1) is 9.70. The Morgan fingerprint density at radius 1 is 1.00 bits per heavy atom. The summed E-state index contributed by atoms with van der Waals surface area (Å²) in [6, 6.07) is 11.6. The Kier molecular flexibility index (Phi) is 5.07. The second kappa shape index (κ2) is 7.01. The predicted octanol–water partition coefficient (Wildman–Crippen LogP) is 3.31. The third-order valence-electron chi connectivity index (χ3n) is 3.11. The normalized spacial score (nSPS) is 10.6. The number of halogens is 2. The van der Waals surface area contributed by atoms with Gasteiger partial charge < -0.3 is 10.1 Å². The Balaban J connectivity index is 1.81. The average Bonchev–Trinajstić information content (AvgIpc) is 2.46. The molecule has 0 heterocycles. The molecule has 0 aliphatic heterocycles. The largest absolute Gasteiger partial charge is 0.497 e. The molecule has 2 rings (SSSR count). The van der Waals surface area contributed by atoms with E-state index in [1.54, 1.807) is 7.11 Å². The maximum absolute atomic E-state index is 13.4. The summed E-state index contributed by atoms with van der Waals surface area (Å²) in [5.74, 6) is -0.209. The minimum absolute atomic E-state index is 0.0854. The van der Waals surface area contributed by atoms with Gasteiger partial charge in [-0.15, -0.1) is 0 Å². The summed E-state index contributed by atoms with van der Waals surface area (Å²) in [7, 11) is 1.62. The van der Waals surface area contributed by atoms with Crippen molar-refractivity contribution in [2.45, 2.75) is 13.0 Å². The van der Waals surface area contributed by atoms with E-state index >= 15 is 0 Å². The Morgan fingerprint density at radius 3 is 2.25 bits per heavy atom. The van der Waals surface area contributed by atoms with Gasteiger partial charge in [-0.1, -0.05) is 18.2 Å². The molecule has 0 spiro atoms. The summed E-state index contributed by atoms with van der Waals surface area (Å²) < 4.78 is 31.9. The van der Waals surface area contributed by atoms with Crippen molar-refractivity contribution >= 4 is 0 Å². The highest BCUT2D eigenvalue weighted by atomic mass is 19.1. The minimum Gasteiger partial charge on any atom is -0.497 e. The number of hydrogen-bond donors (Lipinski definition) is 1. The van der Waals surface area contributed by atoms with Crippen LogP contribution in [0.1, 0.15) is 11.1 Å². The highest BCUT2D eigenvalue weighted by Crippen LogP contribution is 2.13. The topological polar surface area (TPSA) is 21.3 Å². The molecule has 0 aromatic heterocycles. The van der Waals surface area contributed by atoms with E-state index in [0.717, 1.165) is 17.7 Å². The average molecular weight is 277 g/mol. The highest BCUT2D eigenvalue weighted by Gasteiger charge is 2.07. The van der Waals surface area contributed by atoms with Gasteiger partial charge in [-0.25, -0.2) is 8.78 Å². The van der Waals surface area contributed by atoms with Crippen LogP contribution in [0, 0.1) is 11.6 Å². The molecule has 2 nitrogen and oxygen atoms in total. The smallest absolute Gasteiger partial charge is 0.130 e. The van der Waals surface area contributed by atoms with Crippen molar-refractivity contribution in [2.24, 2.45) is 0 Å². The van der Waals surface area contributed by atoms with Crippen LogP contribution in [0.15, 0.2) is 42.5 Å². The molecule has 0 radical (unpaired) electrons. The fraction of sp³-hybridized carbons (Fsp3) is 0.250. The molecule has 2 aromatic carbocycles. The molecule has 20 heavy (non-hydrogen) atoms. The molecule has 0 saturated carbocycles. The van der Waals surface area contributed by atoms with E-state index in [1.165, 1.54) is 18.2 Å². The van der Waals surface area contributed by atoms with Gasteiger partial charge in [0.25, 0.3) is 0 Å². The van der Waals surface area contributed by atoms with Crippen LogP contribution < -0.4 is 10.1 Å². The fourth-order valence-corrected chi connectivity index (χ4v) is 1.94. The number of rotatable bonds is 6. The molecule has 0 saturated heterocycles. The van der Waals surface area contributed by atoms with Crippen molar-refractivity contribution in [2.75, 3.05) is 13.7 Å². The van der Waals surface area contributed by atoms with Crippen LogP contribution in [0.2, 0.25) is 0 Å². The van der Waals surface area contributed by atoms with Crippen LogP contribution >= 0.6 is 0 Å². The zero-order chi connectivity index (χ0) is 14.4. The van der Waals surface area contributed by atoms with E-state index in [0.29, 0.717) is 6.54 Å². The van der Waals surface area contributed by atoms with Crippen molar-refractivity contribution in [3.63, 3.8) is 0 Å². The summed E-state index contributed by atoms with van der Waals surface area (Å²) >= 11 is 0. The molecule has 0 bridgehead atoms. The van der Waals surface area contributed by atoms with Crippen molar-refractivity contribution in [1.29, 1.82) is 0 Å². The third kappa shape index (κ3) is 3.78. The number of hydrogen-bond acceptors (Lipinski definition) is 2. The maximum Gasteiger partial charge on any atom is 0.130 e. The Bertz CT molecular complexity index is 535. The quantitative estimate of drug-likeness (QED) is 0.818. The zero-order valence-electron chi connectivity index (χ0n) is 11.3. The maximum atomic E-state index is 13.4. The van der Waals surface area contributed by atoms with E-state index in [2.05, 4.69) is 5.32 Å². The molecular weight excluding hydrogens is 260 g/mol. The second-order valence-corrected chi connectivity index (χ2v) is 4.48. The number of ether oxygens (including phenoxy) is 1. The van der Waals surface area contributed by atoms with Gasteiger partial charge in [0, 0.05) is 12.1 Å². The molecular formula is C16H17F2NO. The predicted molar refractivity (Wildman–Crippen MR) is 74.8 cm³/mol. The van der Waals surface area contributed by atoms with E-state index in [-0.39, 0.29) is 12.1 Å². The lowest BCUT2D eigenvalue weighted by Crippen LogP contribution is -2.18. The monoisotopic (exact) mass is 277 g/mol. The minimum atomic E-state index is -0.512. The van der Waals surface area contributed by atoms with Gasteiger partial charge in [0.1, 0.15) is 17.4 Å². The van der Waals surface area contributed by atoms with E-state index in [1.807, 2.05) is 24.3 Å². The first-order valence-corrected chi connectivity index (χ1v) is 6.47. The molecule has 4 heteroatoms. The van der Waals surface area contributed by atoms with Crippen LogP contribution in [-0.4, -0.2) is 13.7 Å². The molecule has 0 aliphatic rings. The molecule has 0 unspecified atom stereocenters. The van der Waals surface area contributed by atoms with Gasteiger partial charge in [0.15, 0.2) is 0 Å². The molecule has 0 aliphatic carbocycles. The second-order valence-electron chi connectivity index (χ2n) is 4.48. The summed E-state index contributed by atoms with van der Waals surface area (Å²) in [4.78, 5) is 0. The summed E-state index contributed by atoms with van der Waals surface area (Å²) in [6.07, 6.45) is 0.792. The highest BCUT2D eigenvalue weighted by molar-refractivity contribution is 5.27. The summed E-state index contributed by atoms with van der Waals surface area (Å²) in [5, 5.41) is 3.05. The molecule has 106 valence electrons. The fourth-order valence-electron chi connectivity index (χ4n) is 1.94. The van der Waals surface area contributed by atoms with Crippen molar-refractivity contribution in [3.8, 4) is 5.75 Å². The number of methoxy groups -OCH3 is 1. The molecule has 0 atom stereocenters. The molecule has 1 N–H and O–H groups in total. The van der Waals surface area contributed by atoms with Gasteiger partial charge in [-0.2, -0.15) is 0 Å². The van der Waals surface area contributed by atoms with Gasteiger partial charge in [0.2, 0.25) is 0 Å². The van der Waals surface area contributed by atoms with Crippen LogP contribution in [-0.2, 0) is 13.0 Å². The Morgan fingerprint density at radius 2 is 1.65 bits per heavy atom. The van der Waals surface area contributed by atoms with Crippen molar-refractivity contribution in [3.05, 3.63) is 65.2 Å². The third-order valence-corrected chi connectivity index (χ3v) is 3.11. The van der Waals surface area contributed by atoms with Crippen LogP contribution in [0.5, 0.6) is 5.75 Å². The molecule has 0 fully saturated rings. The number of nitrogens with one attached hydrogen (secondary N) is 1. The first kappa shape index (κ1) is 14.5. The Hall–Kier alpha value is -1.94. The van der Waals surface area contributed by atoms with Gasteiger partial charge in [0.05, 0.1) is 7.11 Å². The van der Waals surface area contributed by atoms with Crippen LogP contribution in [0.25, 0.3) is 0 Å². The standard InChI is InChI=1S/C16H17F2NO/c1-20-13-7-5-12(6-8-13)9-10-19-11-14-15(17)3-2-4-16(14)18/h2-8,19H,9-11H2,1H3. The van der Waals surface area contributed by atoms with E-state index in [4.69, 9.17) is 4.74 Å². The first-order valence-electron chi connectivity index (χ1n) is 6.47. The lowest BCUT2D eigenvalue weighted by Gasteiger charge is -2.07. The summed E-state index contributed by atoms with van der Waals surface area (Å²) in [6.45, 7) is 0.842. The zero-order valence-corrected chi connectivity index (χ0v) is 11.3. The molecule has 0 amide bonds. The van der Waals surface area contributed by atoms with E-state index < -0.39 is 11.6 Å². The number of benzene rings is 2. The SMILES string of the molecule is COc1ccc(CCNCc2c(F)cccc2F)cc1. The summed E-state index contributed by atoms with van der Waals surface area (Å²) in [5.41, 5.74) is 1.23. The lowest BCUT2D eigenvalue weighted by molar-refractivity contribution is 0.414. The van der Waals surface area contributed by atoms with Crippen LogP contribution in [0.4, 0.5) is 8.78 Å². The van der Waals surface area contributed by atoms with Crippen molar-refractivity contribution < 1.29 is 13.5 Å². The Labute approximate surface area is 117 Å².